The molecule has 3 rings (SSSR count). The zero-order chi connectivity index (χ0) is 17.6. The highest BCUT2D eigenvalue weighted by Crippen LogP contribution is 2.20. The molecule has 2 heterocycles. The maximum absolute atomic E-state index is 12.3. The Morgan fingerprint density at radius 3 is 2.36 bits per heavy atom. The molecule has 5 nitrogen and oxygen atoms in total. The summed E-state index contributed by atoms with van der Waals surface area (Å²) in [6.07, 6.45) is 4.00. The summed E-state index contributed by atoms with van der Waals surface area (Å²) in [6, 6.07) is 7.83. The van der Waals surface area contributed by atoms with Crippen molar-refractivity contribution in [3.05, 3.63) is 29.8 Å². The number of nitrogens with zero attached hydrogens (tertiary/aromatic N) is 2. The van der Waals surface area contributed by atoms with Gasteiger partial charge in [0.15, 0.2) is 0 Å². The Labute approximate surface area is 151 Å². The van der Waals surface area contributed by atoms with Crippen LogP contribution in [0, 0.1) is 5.92 Å². The first-order valence-electron chi connectivity index (χ1n) is 9.65. The Morgan fingerprint density at radius 2 is 1.72 bits per heavy atom. The number of benzene rings is 1. The van der Waals surface area contributed by atoms with Crippen LogP contribution in [-0.2, 0) is 0 Å². The summed E-state index contributed by atoms with van der Waals surface area (Å²) in [4.78, 5) is 17.0. The maximum atomic E-state index is 12.3. The molecule has 25 heavy (non-hydrogen) atoms. The first kappa shape index (κ1) is 18.2. The van der Waals surface area contributed by atoms with Crippen molar-refractivity contribution >= 4 is 11.6 Å². The number of anilines is 1. The number of amides is 1. The van der Waals surface area contributed by atoms with E-state index in [9.17, 15) is 9.90 Å². The number of aliphatic hydroxyl groups is 1. The molecular weight excluding hydrogens is 314 g/mol. The Balaban J connectivity index is 1.43. The Hall–Kier alpha value is -1.59. The van der Waals surface area contributed by atoms with Crippen LogP contribution < -0.4 is 10.2 Å². The standard InChI is InChI=1S/C20H31N3O2/c1-16-6-11-22(12-7-16)15-10-21-20(25)17-2-4-18(5-3-17)23-13-8-19(24)9-14-23/h2-5,16,19,24H,6-15H2,1H3,(H,21,25). The molecular formula is C20H31N3O2. The number of carbonyl (C=O) groups is 1. The minimum absolute atomic E-state index is 0.00555. The molecule has 1 amide bonds. The minimum Gasteiger partial charge on any atom is -0.393 e. The van der Waals surface area contributed by atoms with E-state index in [1.165, 1.54) is 12.8 Å². The van der Waals surface area contributed by atoms with Gasteiger partial charge in [0.05, 0.1) is 6.10 Å². The highest BCUT2D eigenvalue weighted by molar-refractivity contribution is 5.94. The Kier molecular flexibility index (Phi) is 6.32. The summed E-state index contributed by atoms with van der Waals surface area (Å²) in [5.41, 5.74) is 1.85. The molecule has 0 saturated carbocycles. The molecule has 138 valence electrons. The summed E-state index contributed by atoms with van der Waals surface area (Å²) < 4.78 is 0. The van der Waals surface area contributed by atoms with E-state index in [4.69, 9.17) is 0 Å². The maximum Gasteiger partial charge on any atom is 0.251 e. The van der Waals surface area contributed by atoms with Crippen molar-refractivity contribution in [1.29, 1.82) is 0 Å². The van der Waals surface area contributed by atoms with Gasteiger partial charge in [-0.05, 0) is 69.0 Å². The topological polar surface area (TPSA) is 55.8 Å². The van der Waals surface area contributed by atoms with Gasteiger partial charge in [0, 0.05) is 37.4 Å². The van der Waals surface area contributed by atoms with Crippen LogP contribution in [0.4, 0.5) is 5.69 Å². The summed E-state index contributed by atoms with van der Waals surface area (Å²) in [5, 5.41) is 12.6. The van der Waals surface area contributed by atoms with Crippen LogP contribution in [0.25, 0.3) is 0 Å². The SMILES string of the molecule is CC1CCN(CCNC(=O)c2ccc(N3CCC(O)CC3)cc2)CC1. The lowest BCUT2D eigenvalue weighted by Gasteiger charge is -2.31. The fraction of sp³-hybridized carbons (Fsp3) is 0.650. The van der Waals surface area contributed by atoms with Gasteiger partial charge >= 0.3 is 0 Å². The van der Waals surface area contributed by atoms with Gasteiger partial charge in [0.1, 0.15) is 0 Å². The van der Waals surface area contributed by atoms with Gasteiger partial charge in [-0.25, -0.2) is 0 Å². The molecule has 0 radical (unpaired) electrons. The van der Waals surface area contributed by atoms with Gasteiger partial charge in [0.2, 0.25) is 0 Å². The first-order chi connectivity index (χ1) is 12.1. The average Bonchev–Trinajstić information content (AvgIpc) is 2.64. The molecule has 0 bridgehead atoms. The summed E-state index contributed by atoms with van der Waals surface area (Å²) in [6.45, 7) is 8.01. The van der Waals surface area contributed by atoms with Crippen molar-refractivity contribution in [3.63, 3.8) is 0 Å². The normalized spacial score (nSPS) is 20.6. The summed E-state index contributed by atoms with van der Waals surface area (Å²) in [5.74, 6) is 0.846. The molecule has 1 aromatic carbocycles. The second-order valence-corrected chi connectivity index (χ2v) is 7.55. The molecule has 0 aliphatic carbocycles. The van der Waals surface area contributed by atoms with Crippen LogP contribution in [0.1, 0.15) is 43.0 Å². The van der Waals surface area contributed by atoms with Crippen LogP contribution in [0.3, 0.4) is 0 Å². The van der Waals surface area contributed by atoms with E-state index in [1.807, 2.05) is 24.3 Å². The lowest BCUT2D eigenvalue weighted by Crippen LogP contribution is -2.39. The molecule has 2 aliphatic heterocycles. The zero-order valence-corrected chi connectivity index (χ0v) is 15.3. The number of nitrogens with one attached hydrogen (secondary N) is 1. The molecule has 0 spiro atoms. The number of rotatable bonds is 5. The second kappa shape index (κ2) is 8.68. The van der Waals surface area contributed by atoms with Crippen LogP contribution in [0.2, 0.25) is 0 Å². The highest BCUT2D eigenvalue weighted by atomic mass is 16.3. The highest BCUT2D eigenvalue weighted by Gasteiger charge is 2.18. The van der Waals surface area contributed by atoms with Crippen molar-refractivity contribution in [2.75, 3.05) is 44.2 Å². The largest absolute Gasteiger partial charge is 0.393 e. The van der Waals surface area contributed by atoms with E-state index < -0.39 is 0 Å². The van der Waals surface area contributed by atoms with Crippen LogP contribution in [0.15, 0.2) is 24.3 Å². The second-order valence-electron chi connectivity index (χ2n) is 7.55. The smallest absolute Gasteiger partial charge is 0.251 e. The third-order valence-electron chi connectivity index (χ3n) is 5.55. The third kappa shape index (κ3) is 5.19. The van der Waals surface area contributed by atoms with E-state index in [0.29, 0.717) is 12.1 Å². The van der Waals surface area contributed by atoms with E-state index in [0.717, 1.165) is 57.2 Å². The Morgan fingerprint density at radius 1 is 1.08 bits per heavy atom. The van der Waals surface area contributed by atoms with Crippen LogP contribution in [-0.4, -0.2) is 61.3 Å². The molecule has 2 fully saturated rings. The molecule has 0 atom stereocenters. The van der Waals surface area contributed by atoms with E-state index in [-0.39, 0.29) is 12.0 Å². The number of likely N-dealkylation sites (tertiary alicyclic amines) is 1. The van der Waals surface area contributed by atoms with Gasteiger partial charge in [-0.3, -0.25) is 4.79 Å². The molecule has 2 saturated heterocycles. The lowest BCUT2D eigenvalue weighted by atomic mass is 9.99. The van der Waals surface area contributed by atoms with E-state index in [2.05, 4.69) is 22.0 Å². The van der Waals surface area contributed by atoms with Gasteiger partial charge < -0.3 is 20.2 Å². The van der Waals surface area contributed by atoms with Crippen molar-refractivity contribution in [2.24, 2.45) is 5.92 Å². The van der Waals surface area contributed by atoms with Crippen LogP contribution in [0.5, 0.6) is 0 Å². The fourth-order valence-electron chi connectivity index (χ4n) is 3.66. The molecule has 1 aromatic rings. The third-order valence-corrected chi connectivity index (χ3v) is 5.55. The zero-order valence-electron chi connectivity index (χ0n) is 15.3. The lowest BCUT2D eigenvalue weighted by molar-refractivity contribution is 0.0944. The van der Waals surface area contributed by atoms with Crippen molar-refractivity contribution < 1.29 is 9.90 Å². The number of piperidine rings is 2. The van der Waals surface area contributed by atoms with Crippen molar-refractivity contribution in [3.8, 4) is 0 Å². The molecule has 0 aromatic heterocycles. The minimum atomic E-state index is -0.163. The van der Waals surface area contributed by atoms with Crippen molar-refractivity contribution in [1.82, 2.24) is 10.2 Å². The summed E-state index contributed by atoms with van der Waals surface area (Å²) >= 11 is 0. The first-order valence-corrected chi connectivity index (χ1v) is 9.65. The number of aliphatic hydroxyl groups excluding tert-OH is 1. The van der Waals surface area contributed by atoms with E-state index >= 15 is 0 Å². The molecule has 2 aliphatic rings. The monoisotopic (exact) mass is 345 g/mol. The van der Waals surface area contributed by atoms with Gasteiger partial charge in [0.25, 0.3) is 5.91 Å². The quantitative estimate of drug-likeness (QED) is 0.858. The van der Waals surface area contributed by atoms with Gasteiger partial charge in [-0.2, -0.15) is 0 Å². The predicted octanol–water partition coefficient (Wildman–Crippen LogP) is 2.11. The number of hydrogen-bond donors (Lipinski definition) is 2. The molecule has 0 unspecified atom stereocenters. The van der Waals surface area contributed by atoms with Gasteiger partial charge in [-0.15, -0.1) is 0 Å². The van der Waals surface area contributed by atoms with Gasteiger partial charge in [-0.1, -0.05) is 6.92 Å². The fourth-order valence-corrected chi connectivity index (χ4v) is 3.66. The van der Waals surface area contributed by atoms with Crippen LogP contribution >= 0.6 is 0 Å². The number of carbonyl (C=O) groups excluding carboxylic acids is 1. The van der Waals surface area contributed by atoms with Crippen molar-refractivity contribution in [2.45, 2.75) is 38.7 Å². The average molecular weight is 345 g/mol. The predicted molar refractivity (Wildman–Crippen MR) is 101 cm³/mol. The molecule has 5 heteroatoms. The van der Waals surface area contributed by atoms with E-state index in [1.54, 1.807) is 0 Å². The number of hydrogen-bond acceptors (Lipinski definition) is 4. The Bertz CT molecular complexity index is 545. The molecule has 2 N–H and O–H groups in total. The summed E-state index contributed by atoms with van der Waals surface area (Å²) in [7, 11) is 0.